The smallest absolute Gasteiger partial charge is 0.373 e. The Hall–Kier alpha value is -4.45. The SMILES string of the molecule is C=CC(=O)N1C[C@@H](n2nc(C#Cc3c(F)cc4c(ncn4CC)c3F)c(C(N)=O)c2NC)C[C@@H]1COC(F)(F)F. The van der Waals surface area contributed by atoms with Crippen LogP contribution in [0.4, 0.5) is 27.8 Å². The molecular formula is C25H24F5N7O3. The first-order valence-corrected chi connectivity index (χ1v) is 12.0. The lowest BCUT2D eigenvalue weighted by molar-refractivity contribution is -0.327. The molecule has 1 aliphatic heterocycles. The number of carbonyl (C=O) groups excluding carboxylic acids is 2. The van der Waals surface area contributed by atoms with Crippen LogP contribution in [0.1, 0.15) is 41.0 Å². The second kappa shape index (κ2) is 11.0. The Labute approximate surface area is 224 Å². The highest BCUT2D eigenvalue weighted by Gasteiger charge is 2.40. The van der Waals surface area contributed by atoms with Crippen molar-refractivity contribution in [3.05, 3.63) is 53.5 Å². The predicted octanol–water partition coefficient (Wildman–Crippen LogP) is 2.94. The van der Waals surface area contributed by atoms with Crippen molar-refractivity contribution >= 4 is 28.7 Å². The van der Waals surface area contributed by atoms with Gasteiger partial charge in [-0.25, -0.2) is 18.4 Å². The minimum Gasteiger partial charge on any atom is -0.373 e. The number of aromatic nitrogens is 4. The number of primary amides is 1. The van der Waals surface area contributed by atoms with Gasteiger partial charge in [0, 0.05) is 26.2 Å². The second-order valence-corrected chi connectivity index (χ2v) is 8.82. The van der Waals surface area contributed by atoms with Crippen molar-refractivity contribution in [2.24, 2.45) is 5.73 Å². The molecule has 4 rings (SSSR count). The zero-order chi connectivity index (χ0) is 29.4. The summed E-state index contributed by atoms with van der Waals surface area (Å²) in [7, 11) is 1.44. The van der Waals surface area contributed by atoms with E-state index in [9.17, 15) is 27.2 Å². The number of fused-ring (bicyclic) bond motifs is 1. The van der Waals surface area contributed by atoms with Gasteiger partial charge < -0.3 is 20.5 Å². The summed E-state index contributed by atoms with van der Waals surface area (Å²) in [6.45, 7) is 4.67. The number of nitrogens with two attached hydrogens (primary N) is 1. The van der Waals surface area contributed by atoms with Crippen LogP contribution in [0.25, 0.3) is 11.0 Å². The molecule has 3 heterocycles. The fourth-order valence-corrected chi connectivity index (χ4v) is 4.68. The maximum absolute atomic E-state index is 15.1. The first-order chi connectivity index (χ1) is 18.9. The van der Waals surface area contributed by atoms with Gasteiger partial charge in [0.2, 0.25) is 5.91 Å². The van der Waals surface area contributed by atoms with E-state index in [-0.39, 0.29) is 41.1 Å². The number of nitrogens with one attached hydrogen (secondary N) is 1. The average Bonchev–Trinajstić information content (AvgIpc) is 3.60. The quantitative estimate of drug-likeness (QED) is 0.258. The van der Waals surface area contributed by atoms with Crippen molar-refractivity contribution in [2.45, 2.75) is 38.3 Å². The van der Waals surface area contributed by atoms with Gasteiger partial charge in [-0.15, -0.1) is 13.2 Å². The topological polar surface area (TPSA) is 120 Å². The number of rotatable bonds is 7. The fraction of sp³-hybridized carbons (Fsp3) is 0.360. The van der Waals surface area contributed by atoms with Crippen LogP contribution in [0.5, 0.6) is 0 Å². The number of nitrogens with zero attached hydrogens (tertiary/aromatic N) is 5. The molecule has 40 heavy (non-hydrogen) atoms. The normalized spacial score (nSPS) is 17.1. The third-order valence-corrected chi connectivity index (χ3v) is 6.48. The largest absolute Gasteiger partial charge is 0.522 e. The van der Waals surface area contributed by atoms with E-state index in [2.05, 4.69) is 38.6 Å². The summed E-state index contributed by atoms with van der Waals surface area (Å²) in [4.78, 5) is 29.8. The number of likely N-dealkylation sites (tertiary alicyclic amines) is 1. The summed E-state index contributed by atoms with van der Waals surface area (Å²) in [5, 5.41) is 7.05. The zero-order valence-electron chi connectivity index (χ0n) is 21.4. The van der Waals surface area contributed by atoms with Crippen molar-refractivity contribution in [2.75, 3.05) is 25.5 Å². The van der Waals surface area contributed by atoms with E-state index in [4.69, 9.17) is 5.73 Å². The number of halogens is 5. The van der Waals surface area contributed by atoms with Crippen LogP contribution >= 0.6 is 0 Å². The Kier molecular flexibility index (Phi) is 7.83. The zero-order valence-corrected chi connectivity index (χ0v) is 21.4. The van der Waals surface area contributed by atoms with Crippen LogP contribution in [-0.2, 0) is 16.1 Å². The predicted molar refractivity (Wildman–Crippen MR) is 133 cm³/mol. The van der Waals surface area contributed by atoms with E-state index in [0.29, 0.717) is 6.54 Å². The Bertz CT molecular complexity index is 1550. The van der Waals surface area contributed by atoms with Gasteiger partial charge >= 0.3 is 6.36 Å². The Balaban J connectivity index is 1.75. The van der Waals surface area contributed by atoms with Gasteiger partial charge in [-0.1, -0.05) is 12.5 Å². The van der Waals surface area contributed by atoms with Gasteiger partial charge in [0.15, 0.2) is 11.5 Å². The highest BCUT2D eigenvalue weighted by atomic mass is 19.4. The summed E-state index contributed by atoms with van der Waals surface area (Å²) in [5.41, 5.74) is 4.68. The first kappa shape index (κ1) is 28.6. The minimum absolute atomic E-state index is 0.0307. The Morgan fingerprint density at radius 3 is 2.65 bits per heavy atom. The molecule has 0 spiro atoms. The van der Waals surface area contributed by atoms with E-state index in [1.165, 1.54) is 18.1 Å². The molecule has 1 aromatic carbocycles. The molecule has 3 N–H and O–H groups in total. The molecule has 2 amide bonds. The number of ether oxygens (including phenoxy) is 1. The van der Waals surface area contributed by atoms with Crippen molar-refractivity contribution in [1.82, 2.24) is 24.2 Å². The molecule has 2 atom stereocenters. The fourth-order valence-electron chi connectivity index (χ4n) is 4.68. The van der Waals surface area contributed by atoms with Crippen molar-refractivity contribution in [3.63, 3.8) is 0 Å². The van der Waals surface area contributed by atoms with Gasteiger partial charge in [-0.05, 0) is 25.3 Å². The number of imidazole rings is 1. The molecule has 15 heteroatoms. The Morgan fingerprint density at radius 2 is 2.05 bits per heavy atom. The van der Waals surface area contributed by atoms with E-state index < -0.39 is 54.1 Å². The van der Waals surface area contributed by atoms with Crippen LogP contribution in [0.3, 0.4) is 0 Å². The summed E-state index contributed by atoms with van der Waals surface area (Å²) in [5.74, 6) is 1.37. The lowest BCUT2D eigenvalue weighted by atomic mass is 10.1. The molecule has 0 bridgehead atoms. The number of anilines is 1. The summed E-state index contributed by atoms with van der Waals surface area (Å²) < 4.78 is 74.8. The van der Waals surface area contributed by atoms with Gasteiger partial charge in [-0.3, -0.25) is 14.3 Å². The van der Waals surface area contributed by atoms with Crippen molar-refractivity contribution < 1.29 is 36.3 Å². The second-order valence-electron chi connectivity index (χ2n) is 8.82. The molecule has 1 saturated heterocycles. The molecule has 1 fully saturated rings. The van der Waals surface area contributed by atoms with Gasteiger partial charge in [-0.2, -0.15) is 5.10 Å². The van der Waals surface area contributed by atoms with Crippen molar-refractivity contribution in [3.8, 4) is 11.8 Å². The number of hydrogen-bond donors (Lipinski definition) is 2. The van der Waals surface area contributed by atoms with Gasteiger partial charge in [0.1, 0.15) is 22.7 Å². The average molecular weight is 566 g/mol. The molecular weight excluding hydrogens is 541 g/mol. The van der Waals surface area contributed by atoms with Crippen LogP contribution in [0.15, 0.2) is 25.0 Å². The Morgan fingerprint density at radius 1 is 1.32 bits per heavy atom. The number of benzene rings is 1. The number of carbonyl (C=O) groups is 2. The summed E-state index contributed by atoms with van der Waals surface area (Å²) in [6, 6.07) is -0.626. The summed E-state index contributed by atoms with van der Waals surface area (Å²) >= 11 is 0. The van der Waals surface area contributed by atoms with Gasteiger partial charge in [0.25, 0.3) is 5.91 Å². The molecule has 0 unspecified atom stereocenters. The van der Waals surface area contributed by atoms with E-state index >= 15 is 4.39 Å². The monoisotopic (exact) mass is 565 g/mol. The highest BCUT2D eigenvalue weighted by molar-refractivity contribution is 6.00. The van der Waals surface area contributed by atoms with Crippen LogP contribution in [-0.4, -0.2) is 68.6 Å². The van der Waals surface area contributed by atoms with Gasteiger partial charge in [0.05, 0.1) is 36.1 Å². The van der Waals surface area contributed by atoms with E-state index in [1.54, 1.807) is 11.5 Å². The van der Waals surface area contributed by atoms with Crippen LogP contribution in [0, 0.1) is 23.5 Å². The minimum atomic E-state index is -4.91. The molecule has 212 valence electrons. The molecule has 3 aromatic rings. The third kappa shape index (κ3) is 5.34. The number of aryl methyl sites for hydroxylation is 1. The summed E-state index contributed by atoms with van der Waals surface area (Å²) in [6.07, 6.45) is -2.62. The third-order valence-electron chi connectivity index (χ3n) is 6.48. The number of hydrogen-bond acceptors (Lipinski definition) is 6. The standard InChI is InChI=1S/C25H24F5N7O3/c1-4-19(38)36-10-13(8-14(36)11-40-25(28,29)30)37-24(32-3)20(23(31)39)17(34-37)7-6-15-16(26)9-18-22(21(15)27)33-12-35(18)5-2/h4,9,12-14,32H,1,5,8,10-11H2,2-3H3,(H2,31,39)/t13-,14+/m0/s1. The number of alkyl halides is 3. The molecule has 1 aliphatic rings. The van der Waals surface area contributed by atoms with E-state index in [1.807, 2.05) is 0 Å². The molecule has 0 saturated carbocycles. The molecule has 0 radical (unpaired) electrons. The first-order valence-electron chi connectivity index (χ1n) is 12.0. The number of amides is 2. The maximum atomic E-state index is 15.1. The highest BCUT2D eigenvalue weighted by Crippen LogP contribution is 2.33. The van der Waals surface area contributed by atoms with Crippen LogP contribution in [0.2, 0.25) is 0 Å². The maximum Gasteiger partial charge on any atom is 0.522 e. The lowest BCUT2D eigenvalue weighted by Gasteiger charge is -2.23. The van der Waals surface area contributed by atoms with Crippen LogP contribution < -0.4 is 11.1 Å². The molecule has 0 aliphatic carbocycles. The van der Waals surface area contributed by atoms with E-state index in [0.717, 1.165) is 17.0 Å². The lowest BCUT2D eigenvalue weighted by Crippen LogP contribution is -2.38. The van der Waals surface area contributed by atoms with Crippen molar-refractivity contribution in [1.29, 1.82) is 0 Å². The molecule has 2 aromatic heterocycles. The molecule has 10 nitrogen and oxygen atoms in total.